The van der Waals surface area contributed by atoms with Crippen LogP contribution in [0.25, 0.3) is 11.0 Å². The molecule has 3 aromatic rings. The maximum Gasteiger partial charge on any atom is 0.184 e. The SMILES string of the molecule is COc1ccc(CS(=O)(=O)c2ccc(N)c3nonc23)cc1. The fraction of sp³-hybridized carbons (Fsp3) is 0.143. The van der Waals surface area contributed by atoms with Crippen LogP contribution in [0.2, 0.25) is 0 Å². The molecule has 0 saturated carbocycles. The average molecular weight is 319 g/mol. The molecule has 0 amide bonds. The normalized spacial score (nSPS) is 11.7. The number of nitrogens with zero attached hydrogens (tertiary/aromatic N) is 2. The lowest BCUT2D eigenvalue weighted by atomic mass is 10.2. The summed E-state index contributed by atoms with van der Waals surface area (Å²) in [4.78, 5) is 0.0498. The Morgan fingerprint density at radius 2 is 1.77 bits per heavy atom. The van der Waals surface area contributed by atoms with Gasteiger partial charge in [0.2, 0.25) is 0 Å². The summed E-state index contributed by atoms with van der Waals surface area (Å²) < 4.78 is 34.8. The van der Waals surface area contributed by atoms with Crippen LogP contribution in [0.1, 0.15) is 5.56 Å². The second-order valence-electron chi connectivity index (χ2n) is 4.72. The number of nitrogen functional groups attached to an aromatic ring is 1. The monoisotopic (exact) mass is 319 g/mol. The van der Waals surface area contributed by atoms with Crippen molar-refractivity contribution in [3.05, 3.63) is 42.0 Å². The number of methoxy groups -OCH3 is 1. The number of hydrogen-bond acceptors (Lipinski definition) is 7. The lowest BCUT2D eigenvalue weighted by Gasteiger charge is -2.06. The van der Waals surface area contributed by atoms with E-state index in [1.54, 1.807) is 31.4 Å². The summed E-state index contributed by atoms with van der Waals surface area (Å²) >= 11 is 0. The third kappa shape index (κ3) is 2.48. The molecule has 2 N–H and O–H groups in total. The molecule has 0 atom stereocenters. The van der Waals surface area contributed by atoms with Crippen molar-refractivity contribution in [1.82, 2.24) is 10.3 Å². The molecule has 0 saturated heterocycles. The van der Waals surface area contributed by atoms with Crippen molar-refractivity contribution in [3.8, 4) is 5.75 Å². The molecule has 1 aromatic heterocycles. The van der Waals surface area contributed by atoms with E-state index in [1.807, 2.05) is 0 Å². The lowest BCUT2D eigenvalue weighted by molar-refractivity contribution is 0.315. The van der Waals surface area contributed by atoms with Gasteiger partial charge in [-0.05, 0) is 40.1 Å². The molecule has 7 nitrogen and oxygen atoms in total. The number of nitrogens with two attached hydrogens (primary N) is 1. The molecule has 114 valence electrons. The first-order valence-corrected chi connectivity index (χ1v) is 8.03. The summed E-state index contributed by atoms with van der Waals surface area (Å²) in [5, 5.41) is 7.28. The van der Waals surface area contributed by atoms with Crippen molar-refractivity contribution in [3.63, 3.8) is 0 Å². The van der Waals surface area contributed by atoms with Crippen molar-refractivity contribution in [1.29, 1.82) is 0 Å². The van der Waals surface area contributed by atoms with Crippen molar-refractivity contribution >= 4 is 26.6 Å². The summed E-state index contributed by atoms with van der Waals surface area (Å²) in [5.74, 6) is 0.500. The molecule has 0 aliphatic rings. The highest BCUT2D eigenvalue weighted by atomic mass is 32.2. The first-order chi connectivity index (χ1) is 10.5. The second-order valence-corrected chi connectivity index (χ2v) is 6.68. The minimum Gasteiger partial charge on any atom is -0.497 e. The third-order valence-electron chi connectivity index (χ3n) is 3.26. The predicted octanol–water partition coefficient (Wildman–Crippen LogP) is 1.79. The quantitative estimate of drug-likeness (QED) is 0.730. The molecular weight excluding hydrogens is 306 g/mol. The summed E-state index contributed by atoms with van der Waals surface area (Å²) in [6.07, 6.45) is 0. The summed E-state index contributed by atoms with van der Waals surface area (Å²) in [5.41, 5.74) is 7.08. The van der Waals surface area contributed by atoms with Gasteiger partial charge in [0.25, 0.3) is 0 Å². The van der Waals surface area contributed by atoms with Gasteiger partial charge in [-0.2, -0.15) is 0 Å². The molecule has 2 aromatic carbocycles. The Labute approximate surface area is 126 Å². The first kappa shape index (κ1) is 14.3. The lowest BCUT2D eigenvalue weighted by Crippen LogP contribution is -2.06. The van der Waals surface area contributed by atoms with Crippen LogP contribution in [0.4, 0.5) is 5.69 Å². The second kappa shape index (κ2) is 5.30. The Bertz CT molecular complexity index is 917. The van der Waals surface area contributed by atoms with Crippen molar-refractivity contribution in [2.45, 2.75) is 10.6 Å². The van der Waals surface area contributed by atoms with E-state index < -0.39 is 9.84 Å². The number of sulfone groups is 1. The Hall–Kier alpha value is -2.61. The van der Waals surface area contributed by atoms with Gasteiger partial charge in [0, 0.05) is 0 Å². The van der Waals surface area contributed by atoms with Gasteiger partial charge in [0.15, 0.2) is 20.9 Å². The number of fused-ring (bicyclic) bond motifs is 1. The predicted molar refractivity (Wildman–Crippen MR) is 80.1 cm³/mol. The largest absolute Gasteiger partial charge is 0.497 e. The fourth-order valence-electron chi connectivity index (χ4n) is 2.13. The van der Waals surface area contributed by atoms with E-state index in [9.17, 15) is 8.42 Å². The number of ether oxygens (including phenoxy) is 1. The van der Waals surface area contributed by atoms with E-state index in [2.05, 4.69) is 14.9 Å². The number of anilines is 1. The molecule has 8 heteroatoms. The molecule has 1 heterocycles. The zero-order valence-electron chi connectivity index (χ0n) is 11.7. The molecule has 0 radical (unpaired) electrons. The highest BCUT2D eigenvalue weighted by Gasteiger charge is 2.22. The Morgan fingerprint density at radius 3 is 2.45 bits per heavy atom. The maximum atomic E-state index is 12.6. The zero-order chi connectivity index (χ0) is 15.7. The molecule has 0 fully saturated rings. The molecule has 0 unspecified atom stereocenters. The fourth-order valence-corrected chi connectivity index (χ4v) is 3.62. The third-order valence-corrected chi connectivity index (χ3v) is 4.97. The molecular formula is C14H13N3O4S. The average Bonchev–Trinajstić information content (AvgIpc) is 2.98. The van der Waals surface area contributed by atoms with Gasteiger partial charge >= 0.3 is 0 Å². The van der Waals surface area contributed by atoms with Gasteiger partial charge in [0.1, 0.15) is 5.75 Å². The first-order valence-electron chi connectivity index (χ1n) is 6.38. The van der Waals surface area contributed by atoms with Crippen LogP contribution >= 0.6 is 0 Å². The van der Waals surface area contributed by atoms with E-state index in [0.29, 0.717) is 17.0 Å². The van der Waals surface area contributed by atoms with Crippen molar-refractivity contribution in [2.75, 3.05) is 12.8 Å². The van der Waals surface area contributed by atoms with E-state index in [0.717, 1.165) is 0 Å². The smallest absolute Gasteiger partial charge is 0.184 e. The van der Waals surface area contributed by atoms with Gasteiger partial charge in [-0.3, -0.25) is 0 Å². The van der Waals surface area contributed by atoms with E-state index in [-0.39, 0.29) is 21.7 Å². The minimum atomic E-state index is -3.61. The topological polar surface area (TPSA) is 108 Å². The van der Waals surface area contributed by atoms with E-state index in [4.69, 9.17) is 10.5 Å². The van der Waals surface area contributed by atoms with Gasteiger partial charge in [0.05, 0.1) is 23.4 Å². The maximum absolute atomic E-state index is 12.6. The van der Waals surface area contributed by atoms with Crippen LogP contribution in [0.15, 0.2) is 45.9 Å². The van der Waals surface area contributed by atoms with Gasteiger partial charge in [-0.1, -0.05) is 12.1 Å². The molecule has 0 aliphatic heterocycles. The molecule has 22 heavy (non-hydrogen) atoms. The molecule has 0 aliphatic carbocycles. The van der Waals surface area contributed by atoms with Crippen molar-refractivity contribution in [2.24, 2.45) is 0 Å². The van der Waals surface area contributed by atoms with Crippen LogP contribution in [0, 0.1) is 0 Å². The van der Waals surface area contributed by atoms with Gasteiger partial charge in [-0.15, -0.1) is 0 Å². The zero-order valence-corrected chi connectivity index (χ0v) is 12.5. The summed E-state index contributed by atoms with van der Waals surface area (Å²) in [6, 6.07) is 9.72. The standard InChI is InChI=1S/C14H13N3O4S/c1-20-10-4-2-9(3-5-10)8-22(18,19)12-7-6-11(15)13-14(12)17-21-16-13/h2-7H,8,15H2,1H3. The van der Waals surface area contributed by atoms with Crippen molar-refractivity contribution < 1.29 is 17.8 Å². The highest BCUT2D eigenvalue weighted by Crippen LogP contribution is 2.27. The van der Waals surface area contributed by atoms with E-state index >= 15 is 0 Å². The summed E-state index contributed by atoms with van der Waals surface area (Å²) in [6.45, 7) is 0. The van der Waals surface area contributed by atoms with Gasteiger partial charge < -0.3 is 10.5 Å². The minimum absolute atomic E-state index is 0.0498. The molecule has 0 spiro atoms. The van der Waals surface area contributed by atoms with Crippen LogP contribution in [-0.4, -0.2) is 25.8 Å². The number of hydrogen-bond donors (Lipinski definition) is 1. The highest BCUT2D eigenvalue weighted by molar-refractivity contribution is 7.90. The van der Waals surface area contributed by atoms with Crippen LogP contribution in [0.5, 0.6) is 5.75 Å². The molecule has 3 rings (SSSR count). The van der Waals surface area contributed by atoms with Crippen LogP contribution < -0.4 is 10.5 Å². The Balaban J connectivity index is 2.01. The number of aromatic nitrogens is 2. The number of benzene rings is 2. The summed E-state index contributed by atoms with van der Waals surface area (Å²) in [7, 11) is -2.06. The Morgan fingerprint density at radius 1 is 1.09 bits per heavy atom. The number of rotatable bonds is 4. The Kier molecular flexibility index (Phi) is 3.45. The van der Waals surface area contributed by atoms with Crippen LogP contribution in [0.3, 0.4) is 0 Å². The van der Waals surface area contributed by atoms with Gasteiger partial charge in [-0.25, -0.2) is 13.0 Å². The van der Waals surface area contributed by atoms with E-state index in [1.165, 1.54) is 12.1 Å². The molecule has 0 bridgehead atoms. The van der Waals surface area contributed by atoms with Crippen LogP contribution in [-0.2, 0) is 15.6 Å².